The van der Waals surface area contributed by atoms with Crippen molar-refractivity contribution in [2.24, 2.45) is 23.3 Å². The lowest BCUT2D eigenvalue weighted by atomic mass is 9.98. The Kier molecular flexibility index (Phi) is 17.5. The van der Waals surface area contributed by atoms with Crippen LogP contribution in [0.1, 0.15) is 73.1 Å². The minimum atomic E-state index is -1.64. The average Bonchev–Trinajstić information content (AvgIpc) is 3.48. The smallest absolute Gasteiger partial charge is 0.305 e. The molecule has 276 valence electrons. The number of likely N-dealkylation sites (tertiary alicyclic amines) is 1. The molecule has 1 aliphatic rings. The summed E-state index contributed by atoms with van der Waals surface area (Å²) < 4.78 is 0. The molecule has 49 heavy (non-hydrogen) atoms. The monoisotopic (exact) mass is 696 g/mol. The van der Waals surface area contributed by atoms with E-state index in [1.54, 1.807) is 13.8 Å². The predicted octanol–water partition coefficient (Wildman–Crippen LogP) is -3.02. The highest BCUT2D eigenvalue weighted by atomic mass is 16.4. The highest BCUT2D eigenvalue weighted by Crippen LogP contribution is 2.21. The highest BCUT2D eigenvalue weighted by Gasteiger charge is 2.39. The Balaban J connectivity index is 3.15. The number of nitrogens with one attached hydrogen (secondary N) is 7. The Bertz CT molecular complexity index is 1240. The molecule has 0 aromatic rings. The molecule has 19 heteroatoms. The van der Waals surface area contributed by atoms with E-state index in [4.69, 9.17) is 16.9 Å². The van der Waals surface area contributed by atoms with E-state index in [2.05, 4.69) is 31.9 Å². The first-order valence-corrected chi connectivity index (χ1v) is 16.2. The van der Waals surface area contributed by atoms with E-state index in [9.17, 15) is 43.5 Å². The van der Waals surface area contributed by atoms with E-state index in [1.807, 2.05) is 13.8 Å². The Labute approximate surface area is 285 Å². The predicted molar refractivity (Wildman–Crippen MR) is 176 cm³/mol. The lowest BCUT2D eigenvalue weighted by Gasteiger charge is -2.31. The van der Waals surface area contributed by atoms with Gasteiger partial charge in [0.1, 0.15) is 30.2 Å². The van der Waals surface area contributed by atoms with Gasteiger partial charge in [0.25, 0.3) is 0 Å². The van der Waals surface area contributed by atoms with Gasteiger partial charge in [-0.1, -0.05) is 27.7 Å². The number of hydrogen-bond donors (Lipinski definition) is 10. The number of primary amides is 1. The molecule has 1 aliphatic heterocycles. The van der Waals surface area contributed by atoms with Crippen LogP contribution in [-0.4, -0.2) is 113 Å². The van der Waals surface area contributed by atoms with Gasteiger partial charge in [-0.15, -0.1) is 0 Å². The van der Waals surface area contributed by atoms with Gasteiger partial charge in [-0.3, -0.25) is 43.8 Å². The third-order valence-corrected chi connectivity index (χ3v) is 7.53. The van der Waals surface area contributed by atoms with E-state index in [-0.39, 0.29) is 44.2 Å². The second-order valence-corrected chi connectivity index (χ2v) is 12.7. The number of rotatable bonds is 20. The van der Waals surface area contributed by atoms with Crippen molar-refractivity contribution in [1.82, 2.24) is 36.8 Å². The van der Waals surface area contributed by atoms with Crippen molar-refractivity contribution in [2.75, 3.05) is 19.6 Å². The quantitative estimate of drug-likeness (QED) is 0.0347. The molecule has 0 spiro atoms. The zero-order valence-electron chi connectivity index (χ0n) is 28.7. The third kappa shape index (κ3) is 15.2. The summed E-state index contributed by atoms with van der Waals surface area (Å²) in [5.41, 5.74) is 10.4. The summed E-state index contributed by atoms with van der Waals surface area (Å²) in [7, 11) is 0. The molecule has 1 rings (SSSR count). The molecule has 5 atom stereocenters. The number of carboxylic acid groups (broad SMARTS) is 1. The lowest BCUT2D eigenvalue weighted by Crippen LogP contribution is -2.60. The second kappa shape index (κ2) is 20.4. The minimum absolute atomic E-state index is 0.0695. The number of carbonyl (C=O) groups is 8. The van der Waals surface area contributed by atoms with Crippen molar-refractivity contribution in [3.63, 3.8) is 0 Å². The Morgan fingerprint density at radius 2 is 1.47 bits per heavy atom. The van der Waals surface area contributed by atoms with E-state index in [0.717, 1.165) is 0 Å². The van der Waals surface area contributed by atoms with Crippen molar-refractivity contribution < 1.29 is 43.5 Å². The number of hydrogen-bond acceptors (Lipinski definition) is 9. The lowest BCUT2D eigenvalue weighted by molar-refractivity contribution is -0.143. The minimum Gasteiger partial charge on any atom is -0.481 e. The van der Waals surface area contributed by atoms with Gasteiger partial charge in [0.2, 0.25) is 41.4 Å². The Morgan fingerprint density at radius 3 is 2.00 bits per heavy atom. The molecule has 0 saturated carbocycles. The van der Waals surface area contributed by atoms with Crippen LogP contribution in [0.25, 0.3) is 0 Å². The molecule has 0 aliphatic carbocycles. The fraction of sp³-hybridized carbons (Fsp3) is 0.700. The normalized spacial score (nSPS) is 16.5. The first-order valence-electron chi connectivity index (χ1n) is 16.2. The maximum Gasteiger partial charge on any atom is 0.305 e. The Morgan fingerprint density at radius 1 is 0.857 bits per heavy atom. The highest BCUT2D eigenvalue weighted by molar-refractivity contribution is 5.97. The SMILES string of the molecule is CC(=O)NC(CCCNC(=N)N)C(=O)NC(CC(=O)O)C(=O)NC(C(=O)NC(CC(C)C)C(=O)N1CCCC1C(=O)NCC(N)=O)C(C)C. The Hall–Kier alpha value is -4.97. The van der Waals surface area contributed by atoms with Crippen LogP contribution < -0.4 is 43.4 Å². The van der Waals surface area contributed by atoms with Crippen LogP contribution in [0.5, 0.6) is 0 Å². The fourth-order valence-corrected chi connectivity index (χ4v) is 5.24. The van der Waals surface area contributed by atoms with Gasteiger partial charge in [-0.2, -0.15) is 0 Å². The number of nitrogens with two attached hydrogens (primary N) is 2. The van der Waals surface area contributed by atoms with Crippen LogP contribution in [0, 0.1) is 17.2 Å². The maximum absolute atomic E-state index is 13.7. The molecule has 0 radical (unpaired) electrons. The van der Waals surface area contributed by atoms with Gasteiger partial charge < -0.3 is 53.4 Å². The zero-order chi connectivity index (χ0) is 37.4. The van der Waals surface area contributed by atoms with E-state index >= 15 is 0 Å². The number of amides is 7. The molecule has 19 nitrogen and oxygen atoms in total. The summed E-state index contributed by atoms with van der Waals surface area (Å²) in [5, 5.41) is 31.6. The summed E-state index contributed by atoms with van der Waals surface area (Å²) in [6.07, 6.45) is 0.571. The average molecular weight is 697 g/mol. The summed E-state index contributed by atoms with van der Waals surface area (Å²) >= 11 is 0. The van der Waals surface area contributed by atoms with Crippen LogP contribution in [0.2, 0.25) is 0 Å². The van der Waals surface area contributed by atoms with Crippen molar-refractivity contribution >= 4 is 53.3 Å². The van der Waals surface area contributed by atoms with Crippen LogP contribution >= 0.6 is 0 Å². The molecule has 12 N–H and O–H groups in total. The molecular weight excluding hydrogens is 644 g/mol. The first-order chi connectivity index (χ1) is 22.8. The molecule has 0 aromatic heterocycles. The van der Waals surface area contributed by atoms with Gasteiger partial charge in [0.05, 0.1) is 13.0 Å². The molecular formula is C30H52N10O9. The third-order valence-electron chi connectivity index (χ3n) is 7.53. The van der Waals surface area contributed by atoms with Crippen molar-refractivity contribution in [2.45, 2.75) is 103 Å². The van der Waals surface area contributed by atoms with E-state index in [1.165, 1.54) is 11.8 Å². The number of carbonyl (C=O) groups excluding carboxylic acids is 7. The molecule has 7 amide bonds. The molecule has 0 bridgehead atoms. The first kappa shape index (κ1) is 42.1. The summed E-state index contributed by atoms with van der Waals surface area (Å²) in [4.78, 5) is 102. The number of aliphatic carboxylic acids is 1. The standard InChI is InChI=1S/C30H52N10O9/c1-15(2)12-20(29(49)40-11-7-9-21(40)27(47)35-14-22(31)42)38-28(48)24(16(3)4)39-26(46)19(13-23(43)44)37-25(45)18(36-17(5)41)8-6-10-34-30(32)33/h15-16,18-21,24H,6-14H2,1-5H3,(H2,31,42)(H,35,47)(H,36,41)(H,37,45)(H,38,48)(H,39,46)(H,43,44)(H4,32,33,34). The molecule has 5 unspecified atom stereocenters. The maximum atomic E-state index is 13.7. The van der Waals surface area contributed by atoms with Gasteiger partial charge in [-0.25, -0.2) is 0 Å². The second-order valence-electron chi connectivity index (χ2n) is 12.7. The molecule has 0 aromatic carbocycles. The van der Waals surface area contributed by atoms with E-state index < -0.39 is 96.4 Å². The fourth-order valence-electron chi connectivity index (χ4n) is 5.24. The summed E-state index contributed by atoms with van der Waals surface area (Å²) in [6, 6.07) is -6.00. The zero-order valence-corrected chi connectivity index (χ0v) is 28.7. The van der Waals surface area contributed by atoms with Crippen LogP contribution in [0.3, 0.4) is 0 Å². The van der Waals surface area contributed by atoms with Crippen LogP contribution in [0.4, 0.5) is 0 Å². The topological polar surface area (TPSA) is 308 Å². The molecule has 1 heterocycles. The van der Waals surface area contributed by atoms with Crippen molar-refractivity contribution in [3.8, 4) is 0 Å². The van der Waals surface area contributed by atoms with Gasteiger partial charge in [0, 0.05) is 20.0 Å². The number of nitrogens with zero attached hydrogens (tertiary/aromatic N) is 1. The van der Waals surface area contributed by atoms with Gasteiger partial charge in [-0.05, 0) is 43.9 Å². The number of carboxylic acids is 1. The largest absolute Gasteiger partial charge is 0.481 e. The molecule has 1 saturated heterocycles. The molecule has 1 fully saturated rings. The summed E-state index contributed by atoms with van der Waals surface area (Å²) in [6.45, 7) is 8.16. The van der Waals surface area contributed by atoms with Crippen molar-refractivity contribution in [1.29, 1.82) is 5.41 Å². The van der Waals surface area contributed by atoms with E-state index in [0.29, 0.717) is 12.8 Å². The number of guanidine groups is 1. The van der Waals surface area contributed by atoms with Crippen molar-refractivity contribution in [3.05, 3.63) is 0 Å². The van der Waals surface area contributed by atoms with Crippen LogP contribution in [0.15, 0.2) is 0 Å². The summed E-state index contributed by atoms with van der Waals surface area (Å²) in [5.74, 6) is -7.27. The van der Waals surface area contributed by atoms with Gasteiger partial charge >= 0.3 is 5.97 Å². The van der Waals surface area contributed by atoms with Crippen LogP contribution in [-0.2, 0) is 38.4 Å². The van der Waals surface area contributed by atoms with Gasteiger partial charge in [0.15, 0.2) is 5.96 Å².